The number of hydrogen-bond donors (Lipinski definition) is 1. The van der Waals surface area contributed by atoms with Crippen molar-refractivity contribution in [3.05, 3.63) is 60.1 Å². The number of ether oxygens (including phenoxy) is 1. The van der Waals surface area contributed by atoms with E-state index < -0.39 is 5.41 Å². The van der Waals surface area contributed by atoms with Crippen molar-refractivity contribution in [1.29, 1.82) is 0 Å². The number of nitrogens with one attached hydrogen (secondary N) is 1. The van der Waals surface area contributed by atoms with E-state index in [2.05, 4.69) is 35.6 Å². The number of amides is 1. The van der Waals surface area contributed by atoms with E-state index in [1.165, 1.54) is 24.8 Å². The molecule has 0 saturated heterocycles. The van der Waals surface area contributed by atoms with Crippen molar-refractivity contribution >= 4 is 11.9 Å². The van der Waals surface area contributed by atoms with Crippen molar-refractivity contribution in [1.82, 2.24) is 5.32 Å². The molecule has 30 heavy (non-hydrogen) atoms. The maximum absolute atomic E-state index is 13.3. The van der Waals surface area contributed by atoms with Crippen LogP contribution in [0.15, 0.2) is 53.1 Å². The summed E-state index contributed by atoms with van der Waals surface area (Å²) in [5.74, 6) is 1.35. The Kier molecular flexibility index (Phi) is 4.72. The summed E-state index contributed by atoms with van der Waals surface area (Å²) in [5.41, 5.74) is 1.01. The van der Waals surface area contributed by atoms with Crippen LogP contribution in [0, 0.1) is 17.3 Å². The number of furan rings is 1. The van der Waals surface area contributed by atoms with Crippen LogP contribution < -0.4 is 5.32 Å². The van der Waals surface area contributed by atoms with E-state index in [4.69, 9.17) is 9.15 Å². The summed E-state index contributed by atoms with van der Waals surface area (Å²) >= 11 is 0. The van der Waals surface area contributed by atoms with Gasteiger partial charge in [0.1, 0.15) is 5.76 Å². The highest BCUT2D eigenvalue weighted by Gasteiger charge is 2.61. The average Bonchev–Trinajstić information content (AvgIpc) is 3.27. The molecule has 0 radical (unpaired) electrons. The lowest BCUT2D eigenvalue weighted by molar-refractivity contribution is -0.175. The van der Waals surface area contributed by atoms with Crippen molar-refractivity contribution < 1.29 is 18.7 Å². The molecular formula is C25H29NO4. The lowest BCUT2D eigenvalue weighted by Crippen LogP contribution is -2.57. The normalized spacial score (nSPS) is 32.6. The van der Waals surface area contributed by atoms with Gasteiger partial charge in [-0.05, 0) is 80.4 Å². The van der Waals surface area contributed by atoms with Gasteiger partial charge in [-0.2, -0.15) is 0 Å². The van der Waals surface area contributed by atoms with Crippen LogP contribution in [0.4, 0.5) is 0 Å². The molecule has 5 atom stereocenters. The maximum Gasteiger partial charge on any atom is 0.312 e. The zero-order chi connectivity index (χ0) is 20.8. The molecule has 0 spiro atoms. The Balaban J connectivity index is 1.27. The van der Waals surface area contributed by atoms with Crippen molar-refractivity contribution in [3.63, 3.8) is 0 Å². The van der Waals surface area contributed by atoms with E-state index in [1.807, 2.05) is 13.0 Å². The molecule has 1 aromatic carbocycles. The van der Waals surface area contributed by atoms with E-state index in [0.29, 0.717) is 17.6 Å². The average molecular weight is 408 g/mol. The Morgan fingerprint density at radius 3 is 2.50 bits per heavy atom. The molecule has 0 aliphatic heterocycles. The van der Waals surface area contributed by atoms with Crippen LogP contribution in [-0.4, -0.2) is 18.5 Å². The molecule has 158 valence electrons. The highest BCUT2D eigenvalue weighted by atomic mass is 16.5. The van der Waals surface area contributed by atoms with Crippen LogP contribution in [0.1, 0.15) is 62.8 Å². The third kappa shape index (κ3) is 3.34. The fourth-order valence-corrected chi connectivity index (χ4v) is 6.81. The summed E-state index contributed by atoms with van der Waals surface area (Å²) in [7, 11) is 0. The zero-order valence-electron chi connectivity index (χ0n) is 17.4. The standard InChI is InChI=1S/C25H29NO4/c1-17(21-8-5-9-29-21)26-22(27)15-30-23(28)25-13-18-10-19(14-25)12-24(11-18,16-25)20-6-3-2-4-7-20/h2-9,17-19H,10-16H2,1H3,(H,26,27)/t17-,18-,19+,24?,25?/m1/s1. The van der Waals surface area contributed by atoms with Crippen LogP contribution in [0.2, 0.25) is 0 Å². The quantitative estimate of drug-likeness (QED) is 0.714. The molecule has 4 bridgehead atoms. The van der Waals surface area contributed by atoms with Gasteiger partial charge in [0, 0.05) is 0 Å². The van der Waals surface area contributed by atoms with Crippen LogP contribution in [0.5, 0.6) is 0 Å². The highest BCUT2D eigenvalue weighted by Crippen LogP contribution is 2.66. The molecule has 6 rings (SSSR count). The van der Waals surface area contributed by atoms with Gasteiger partial charge >= 0.3 is 5.97 Å². The Labute approximate surface area is 177 Å². The Bertz CT molecular complexity index is 906. The van der Waals surface area contributed by atoms with Crippen LogP contribution in [0.3, 0.4) is 0 Å². The van der Waals surface area contributed by atoms with Gasteiger partial charge in [-0.15, -0.1) is 0 Å². The predicted octanol–water partition coefficient (Wildman–Crippen LogP) is 4.54. The van der Waals surface area contributed by atoms with Gasteiger partial charge in [0.05, 0.1) is 17.7 Å². The second kappa shape index (κ2) is 7.29. The van der Waals surface area contributed by atoms with E-state index in [1.54, 1.807) is 12.3 Å². The number of esters is 1. The topological polar surface area (TPSA) is 68.5 Å². The van der Waals surface area contributed by atoms with E-state index in [-0.39, 0.29) is 29.9 Å². The predicted molar refractivity (Wildman–Crippen MR) is 111 cm³/mol. The summed E-state index contributed by atoms with van der Waals surface area (Å²) < 4.78 is 10.9. The summed E-state index contributed by atoms with van der Waals surface area (Å²) in [4.78, 5) is 25.6. The van der Waals surface area contributed by atoms with Gasteiger partial charge in [-0.1, -0.05) is 30.3 Å². The minimum Gasteiger partial charge on any atom is -0.467 e. The number of benzene rings is 1. The molecule has 4 aliphatic rings. The van der Waals surface area contributed by atoms with Crippen molar-refractivity contribution in [2.45, 2.75) is 56.9 Å². The van der Waals surface area contributed by atoms with Crippen molar-refractivity contribution in [3.8, 4) is 0 Å². The molecule has 4 fully saturated rings. The molecule has 2 aromatic rings. The zero-order valence-corrected chi connectivity index (χ0v) is 17.4. The molecule has 1 N–H and O–H groups in total. The molecule has 1 heterocycles. The van der Waals surface area contributed by atoms with Gasteiger partial charge in [-0.3, -0.25) is 9.59 Å². The minimum absolute atomic E-state index is 0.0838. The molecule has 4 saturated carbocycles. The van der Waals surface area contributed by atoms with Crippen LogP contribution >= 0.6 is 0 Å². The third-order valence-electron chi connectivity index (χ3n) is 7.56. The first-order chi connectivity index (χ1) is 14.5. The summed E-state index contributed by atoms with van der Waals surface area (Å²) in [6.45, 7) is 1.61. The number of carbonyl (C=O) groups excluding carboxylic acids is 2. The van der Waals surface area contributed by atoms with Gasteiger partial charge in [0.2, 0.25) is 0 Å². The van der Waals surface area contributed by atoms with Gasteiger partial charge in [0.15, 0.2) is 6.61 Å². The highest BCUT2D eigenvalue weighted by molar-refractivity contribution is 5.83. The maximum atomic E-state index is 13.3. The van der Waals surface area contributed by atoms with E-state index in [0.717, 1.165) is 19.3 Å². The number of rotatable bonds is 6. The summed E-state index contributed by atoms with van der Waals surface area (Å²) in [6.07, 6.45) is 7.80. The number of carbonyl (C=O) groups is 2. The van der Waals surface area contributed by atoms with E-state index in [9.17, 15) is 9.59 Å². The molecular weight excluding hydrogens is 378 g/mol. The fourth-order valence-electron chi connectivity index (χ4n) is 6.81. The molecule has 4 aliphatic carbocycles. The molecule has 5 nitrogen and oxygen atoms in total. The Morgan fingerprint density at radius 2 is 1.83 bits per heavy atom. The molecule has 1 amide bonds. The van der Waals surface area contributed by atoms with Gasteiger partial charge < -0.3 is 14.5 Å². The minimum atomic E-state index is -0.438. The first-order valence-corrected chi connectivity index (χ1v) is 11.0. The van der Waals surface area contributed by atoms with E-state index >= 15 is 0 Å². The lowest BCUT2D eigenvalue weighted by Gasteiger charge is -2.61. The van der Waals surface area contributed by atoms with Gasteiger partial charge in [-0.25, -0.2) is 0 Å². The van der Waals surface area contributed by atoms with Crippen LogP contribution in [-0.2, 0) is 19.7 Å². The van der Waals surface area contributed by atoms with Crippen molar-refractivity contribution in [2.24, 2.45) is 17.3 Å². The monoisotopic (exact) mass is 407 g/mol. The largest absolute Gasteiger partial charge is 0.467 e. The lowest BCUT2D eigenvalue weighted by atomic mass is 9.43. The second-order valence-corrected chi connectivity index (χ2v) is 9.77. The second-order valence-electron chi connectivity index (χ2n) is 9.77. The summed E-state index contributed by atoms with van der Waals surface area (Å²) in [5, 5.41) is 2.83. The fraction of sp³-hybridized carbons (Fsp3) is 0.520. The van der Waals surface area contributed by atoms with Crippen LogP contribution in [0.25, 0.3) is 0 Å². The first-order valence-electron chi connectivity index (χ1n) is 11.0. The molecule has 5 heteroatoms. The van der Waals surface area contributed by atoms with Crippen molar-refractivity contribution in [2.75, 3.05) is 6.61 Å². The first kappa shape index (κ1) is 19.4. The number of hydrogen-bond acceptors (Lipinski definition) is 4. The third-order valence-corrected chi connectivity index (χ3v) is 7.56. The molecule has 1 aromatic heterocycles. The Hall–Kier alpha value is -2.56. The SMILES string of the molecule is C[C@@H](NC(=O)COC(=O)C12C[C@H]3C[C@@H](C1)CC(c1ccccc1)(C3)C2)c1ccco1. The Morgan fingerprint density at radius 1 is 1.10 bits per heavy atom. The summed E-state index contributed by atoms with van der Waals surface area (Å²) in [6, 6.07) is 14.0. The smallest absolute Gasteiger partial charge is 0.312 e. The molecule has 2 unspecified atom stereocenters. The van der Waals surface area contributed by atoms with Gasteiger partial charge in [0.25, 0.3) is 5.91 Å².